The van der Waals surface area contributed by atoms with Gasteiger partial charge in [-0.1, -0.05) is 0 Å². The molecule has 0 N–H and O–H groups in total. The molecule has 0 fully saturated rings. The SMILES string of the molecule is O=[N+]([O-])c1ccc2c(ccn2C[B-](F)(F)F)c1. The number of fused-ring (bicyclic) bond motifs is 1. The van der Waals surface area contributed by atoms with Crippen LogP contribution in [-0.4, -0.2) is 16.5 Å². The average Bonchev–Trinajstić information content (AvgIpc) is 2.58. The fraction of sp³-hybridized carbons (Fsp3) is 0.111. The molecule has 90 valence electrons. The second kappa shape index (κ2) is 3.79. The zero-order valence-electron chi connectivity index (χ0n) is 8.52. The van der Waals surface area contributed by atoms with E-state index < -0.39 is 18.3 Å². The van der Waals surface area contributed by atoms with Gasteiger partial charge in [0.2, 0.25) is 0 Å². The molecule has 0 atom stereocenters. The molecule has 0 aliphatic rings. The van der Waals surface area contributed by atoms with E-state index in [1.54, 1.807) is 0 Å². The van der Waals surface area contributed by atoms with Crippen molar-refractivity contribution in [3.8, 4) is 0 Å². The minimum atomic E-state index is -4.93. The molecule has 2 aromatic rings. The number of non-ortho nitro benzene ring substituents is 1. The highest BCUT2D eigenvalue weighted by Crippen LogP contribution is 2.23. The Hall–Kier alpha value is -1.99. The molecule has 0 amide bonds. The molecule has 0 saturated heterocycles. The van der Waals surface area contributed by atoms with Crippen molar-refractivity contribution in [2.75, 3.05) is 0 Å². The van der Waals surface area contributed by atoms with Gasteiger partial charge < -0.3 is 17.5 Å². The van der Waals surface area contributed by atoms with Crippen LogP contribution in [0.2, 0.25) is 0 Å². The first-order valence-corrected chi connectivity index (χ1v) is 4.81. The largest absolute Gasteiger partial charge is 0.497 e. The zero-order chi connectivity index (χ0) is 12.6. The Morgan fingerprint density at radius 3 is 2.59 bits per heavy atom. The van der Waals surface area contributed by atoms with E-state index >= 15 is 0 Å². The van der Waals surface area contributed by atoms with E-state index in [4.69, 9.17) is 0 Å². The maximum Gasteiger partial charge on any atom is 0.497 e. The van der Waals surface area contributed by atoms with Gasteiger partial charge in [0, 0.05) is 29.2 Å². The highest BCUT2D eigenvalue weighted by atomic mass is 19.4. The number of rotatable bonds is 3. The Bertz CT molecular complexity index is 579. The summed E-state index contributed by atoms with van der Waals surface area (Å²) in [5.74, 6) is 0. The number of nitro benzene ring substituents is 1. The van der Waals surface area contributed by atoms with Crippen molar-refractivity contribution in [3.05, 3.63) is 40.6 Å². The predicted molar refractivity (Wildman–Crippen MR) is 57.7 cm³/mol. The standard InChI is InChI=1S/C9H7BF3N2O2/c11-10(12,13)6-14-4-3-7-5-8(15(16)17)1-2-9(7)14/h1-5H,6H2/q-1. The van der Waals surface area contributed by atoms with Gasteiger partial charge in [0.15, 0.2) is 0 Å². The maximum atomic E-state index is 12.3. The molecule has 8 heteroatoms. The van der Waals surface area contributed by atoms with Gasteiger partial charge in [0.1, 0.15) is 0 Å². The molecule has 0 spiro atoms. The molecular formula is C9H7BF3N2O2-. The van der Waals surface area contributed by atoms with Crippen molar-refractivity contribution in [3.63, 3.8) is 0 Å². The monoisotopic (exact) mass is 243 g/mol. The van der Waals surface area contributed by atoms with E-state index in [-0.39, 0.29) is 5.69 Å². The number of hydrogen-bond acceptors (Lipinski definition) is 2. The normalized spacial score (nSPS) is 11.9. The Balaban J connectivity index is 2.45. The number of benzene rings is 1. The van der Waals surface area contributed by atoms with Crippen LogP contribution in [0.15, 0.2) is 30.5 Å². The third-order valence-electron chi connectivity index (χ3n) is 2.37. The van der Waals surface area contributed by atoms with Gasteiger partial charge in [0.05, 0.1) is 4.92 Å². The lowest BCUT2D eigenvalue weighted by Crippen LogP contribution is -2.23. The maximum absolute atomic E-state index is 12.3. The van der Waals surface area contributed by atoms with Gasteiger partial charge in [-0.05, 0) is 18.6 Å². The van der Waals surface area contributed by atoms with Crippen LogP contribution in [0.4, 0.5) is 18.6 Å². The van der Waals surface area contributed by atoms with E-state index in [0.717, 1.165) is 4.57 Å². The molecule has 0 bridgehead atoms. The average molecular weight is 243 g/mol. The molecule has 0 saturated carbocycles. The van der Waals surface area contributed by atoms with Crippen LogP contribution in [0.1, 0.15) is 0 Å². The quantitative estimate of drug-likeness (QED) is 0.472. The second-order valence-electron chi connectivity index (χ2n) is 3.68. The summed E-state index contributed by atoms with van der Waals surface area (Å²) in [6.45, 7) is -4.93. The number of halogens is 3. The number of nitro groups is 1. The summed E-state index contributed by atoms with van der Waals surface area (Å²) in [4.78, 5) is 9.92. The van der Waals surface area contributed by atoms with Crippen molar-refractivity contribution in [1.29, 1.82) is 0 Å². The molecule has 0 aliphatic carbocycles. The van der Waals surface area contributed by atoms with E-state index in [1.807, 2.05) is 0 Å². The van der Waals surface area contributed by atoms with E-state index in [2.05, 4.69) is 0 Å². The number of nitrogens with zero attached hydrogens (tertiary/aromatic N) is 2. The number of hydrogen-bond donors (Lipinski definition) is 0. The first-order chi connectivity index (χ1) is 7.87. The lowest BCUT2D eigenvalue weighted by atomic mass is 9.92. The lowest BCUT2D eigenvalue weighted by Gasteiger charge is -2.15. The van der Waals surface area contributed by atoms with Crippen molar-refractivity contribution in [2.45, 2.75) is 6.44 Å². The third-order valence-corrected chi connectivity index (χ3v) is 2.37. The Kier molecular flexibility index (Phi) is 2.57. The van der Waals surface area contributed by atoms with Crippen molar-refractivity contribution in [1.82, 2.24) is 4.57 Å². The molecule has 0 unspecified atom stereocenters. The van der Waals surface area contributed by atoms with Crippen LogP contribution in [0.25, 0.3) is 10.9 Å². The zero-order valence-corrected chi connectivity index (χ0v) is 8.52. The van der Waals surface area contributed by atoms with Crippen LogP contribution >= 0.6 is 0 Å². The molecule has 1 aromatic heterocycles. The lowest BCUT2D eigenvalue weighted by molar-refractivity contribution is -0.384. The van der Waals surface area contributed by atoms with E-state index in [0.29, 0.717) is 10.9 Å². The minimum absolute atomic E-state index is 0.132. The molecule has 0 aliphatic heterocycles. The van der Waals surface area contributed by atoms with Crippen molar-refractivity contribution < 1.29 is 17.9 Å². The Labute approximate surface area is 93.9 Å². The minimum Gasteiger partial charge on any atom is -0.448 e. The van der Waals surface area contributed by atoms with E-state index in [1.165, 1.54) is 30.5 Å². The fourth-order valence-electron chi connectivity index (χ4n) is 1.68. The molecule has 1 aromatic carbocycles. The van der Waals surface area contributed by atoms with Crippen molar-refractivity contribution >= 4 is 23.6 Å². The first kappa shape index (κ1) is 11.5. The van der Waals surface area contributed by atoms with Crippen LogP contribution in [0.5, 0.6) is 0 Å². The molecule has 1 heterocycles. The molecule has 4 nitrogen and oxygen atoms in total. The van der Waals surface area contributed by atoms with Gasteiger partial charge in [-0.25, -0.2) is 0 Å². The van der Waals surface area contributed by atoms with Gasteiger partial charge in [-0.2, -0.15) is 0 Å². The van der Waals surface area contributed by atoms with Gasteiger partial charge in [0.25, 0.3) is 5.69 Å². The molecule has 2 rings (SSSR count). The summed E-state index contributed by atoms with van der Waals surface area (Å²) in [6.07, 6.45) is 0.241. The van der Waals surface area contributed by atoms with Gasteiger partial charge >= 0.3 is 6.98 Å². The predicted octanol–water partition coefficient (Wildman–Crippen LogP) is 2.94. The molecule has 0 radical (unpaired) electrons. The fourth-order valence-corrected chi connectivity index (χ4v) is 1.68. The van der Waals surface area contributed by atoms with Crippen LogP contribution in [0.3, 0.4) is 0 Å². The number of aromatic nitrogens is 1. The second-order valence-corrected chi connectivity index (χ2v) is 3.68. The smallest absolute Gasteiger partial charge is 0.448 e. The van der Waals surface area contributed by atoms with Gasteiger partial charge in [-0.3, -0.25) is 10.1 Å². The van der Waals surface area contributed by atoms with Crippen LogP contribution in [0, 0.1) is 10.1 Å². The Morgan fingerprint density at radius 2 is 2.00 bits per heavy atom. The highest BCUT2D eigenvalue weighted by molar-refractivity contribution is 6.57. The molecular weight excluding hydrogens is 236 g/mol. The summed E-state index contributed by atoms with van der Waals surface area (Å²) in [5.41, 5.74) is 0.211. The van der Waals surface area contributed by atoms with E-state index in [9.17, 15) is 23.1 Å². The highest BCUT2D eigenvalue weighted by Gasteiger charge is 2.24. The topological polar surface area (TPSA) is 48.1 Å². The summed E-state index contributed by atoms with van der Waals surface area (Å²) in [5, 5.41) is 10.9. The Morgan fingerprint density at radius 1 is 1.29 bits per heavy atom. The van der Waals surface area contributed by atoms with Crippen LogP contribution in [-0.2, 0) is 6.44 Å². The summed E-state index contributed by atoms with van der Waals surface area (Å²) >= 11 is 0. The summed E-state index contributed by atoms with van der Waals surface area (Å²) in [6, 6.07) is 5.22. The summed E-state index contributed by atoms with van der Waals surface area (Å²) in [7, 11) is 0. The van der Waals surface area contributed by atoms with Crippen molar-refractivity contribution in [2.24, 2.45) is 0 Å². The first-order valence-electron chi connectivity index (χ1n) is 4.81. The third kappa shape index (κ3) is 2.40. The summed E-state index contributed by atoms with van der Waals surface area (Å²) < 4.78 is 37.9. The molecule has 17 heavy (non-hydrogen) atoms. The van der Waals surface area contributed by atoms with Gasteiger partial charge in [-0.15, -0.1) is 0 Å². The van der Waals surface area contributed by atoms with Crippen LogP contribution < -0.4 is 0 Å².